The van der Waals surface area contributed by atoms with Gasteiger partial charge >= 0.3 is 0 Å². The third-order valence-corrected chi connectivity index (χ3v) is 4.34. The normalized spacial score (nSPS) is 24.4. The molecule has 1 aromatic rings. The monoisotopic (exact) mass is 331 g/mol. The fraction of sp³-hybridized carbons (Fsp3) is 0.400. The molecule has 5 N–H and O–H groups in total. The first-order valence-electron chi connectivity index (χ1n) is 7.70. The van der Waals surface area contributed by atoms with Crippen LogP contribution in [0.5, 0.6) is 0 Å². The molecule has 24 heavy (non-hydrogen) atoms. The number of likely N-dealkylation sites (N-methyl/N-ethyl adjacent to an activating group) is 1. The van der Waals surface area contributed by atoms with Crippen molar-refractivity contribution in [3.05, 3.63) is 46.2 Å². The molecule has 9 heteroatoms. The predicted octanol–water partition coefficient (Wildman–Crippen LogP) is -0.110. The summed E-state index contributed by atoms with van der Waals surface area (Å²) in [6.07, 6.45) is 3.26. The van der Waals surface area contributed by atoms with Crippen LogP contribution in [0, 0.1) is 10.1 Å². The molecule has 3 rings (SSSR count). The van der Waals surface area contributed by atoms with E-state index in [1.807, 2.05) is 0 Å². The van der Waals surface area contributed by atoms with E-state index in [2.05, 4.69) is 27.2 Å². The molecule has 128 valence electrons. The van der Waals surface area contributed by atoms with Crippen LogP contribution in [0.15, 0.2) is 35.5 Å². The van der Waals surface area contributed by atoms with Crippen molar-refractivity contribution in [2.45, 2.75) is 5.66 Å². The first-order chi connectivity index (χ1) is 11.4. The average molecular weight is 331 g/mol. The second kappa shape index (κ2) is 6.10. The first kappa shape index (κ1) is 16.2. The third kappa shape index (κ3) is 3.03. The van der Waals surface area contributed by atoms with Crippen molar-refractivity contribution in [1.82, 2.24) is 10.2 Å². The maximum atomic E-state index is 11.2. The minimum atomic E-state index is -1.24. The van der Waals surface area contributed by atoms with Gasteiger partial charge in [-0.25, -0.2) is 4.99 Å². The van der Waals surface area contributed by atoms with Gasteiger partial charge in [-0.2, -0.15) is 0 Å². The highest BCUT2D eigenvalue weighted by Crippen LogP contribution is 2.35. The van der Waals surface area contributed by atoms with Crippen LogP contribution in [-0.4, -0.2) is 49.0 Å². The van der Waals surface area contributed by atoms with Gasteiger partial charge in [0.2, 0.25) is 0 Å². The van der Waals surface area contributed by atoms with Crippen LogP contribution in [0.2, 0.25) is 0 Å². The van der Waals surface area contributed by atoms with Crippen molar-refractivity contribution in [2.24, 2.45) is 16.5 Å². The van der Waals surface area contributed by atoms with Crippen molar-refractivity contribution in [3.63, 3.8) is 0 Å². The Labute approximate surface area is 139 Å². The standard InChI is InChI=1S/C15H21N7O2/c1-20-6-8-21(9-7-20)13-3-2-11(22(23)24)10-12(13)15(17)4-5-18-14(16)19-15/h2-5,10H,6-9,17H2,1H3,(H3,16,18,19). The number of nitro benzene ring substituents is 1. The Morgan fingerprint density at radius 3 is 2.67 bits per heavy atom. The molecule has 0 saturated carbocycles. The van der Waals surface area contributed by atoms with E-state index in [1.165, 1.54) is 12.1 Å². The van der Waals surface area contributed by atoms with Crippen LogP contribution in [0.25, 0.3) is 0 Å². The molecule has 1 atom stereocenters. The van der Waals surface area contributed by atoms with Gasteiger partial charge < -0.3 is 20.9 Å². The van der Waals surface area contributed by atoms with Gasteiger partial charge in [0.25, 0.3) is 5.69 Å². The molecule has 0 bridgehead atoms. The van der Waals surface area contributed by atoms with Crippen LogP contribution in [0.3, 0.4) is 0 Å². The van der Waals surface area contributed by atoms with Gasteiger partial charge in [-0.3, -0.25) is 15.8 Å². The molecule has 1 unspecified atom stereocenters. The Bertz CT molecular complexity index is 710. The summed E-state index contributed by atoms with van der Waals surface area (Å²) in [7, 11) is 2.07. The number of non-ortho nitro benzene ring substituents is 1. The number of aliphatic imine (C=N–C) groups is 1. The van der Waals surface area contributed by atoms with E-state index in [4.69, 9.17) is 11.5 Å². The molecule has 1 saturated heterocycles. The Kier molecular flexibility index (Phi) is 4.12. The van der Waals surface area contributed by atoms with Gasteiger partial charge in [-0.05, 0) is 19.2 Å². The maximum absolute atomic E-state index is 11.2. The molecule has 0 aromatic heterocycles. The highest BCUT2D eigenvalue weighted by molar-refractivity contribution is 5.81. The lowest BCUT2D eigenvalue weighted by molar-refractivity contribution is -0.384. The average Bonchev–Trinajstić information content (AvgIpc) is 2.55. The maximum Gasteiger partial charge on any atom is 0.270 e. The molecule has 1 fully saturated rings. The minimum Gasteiger partial charge on any atom is -0.370 e. The second-order valence-electron chi connectivity index (χ2n) is 6.05. The number of nitrogens with zero attached hydrogens (tertiary/aromatic N) is 4. The molecule has 2 heterocycles. The van der Waals surface area contributed by atoms with Gasteiger partial charge in [-0.1, -0.05) is 0 Å². The predicted molar refractivity (Wildman–Crippen MR) is 92.6 cm³/mol. The zero-order chi connectivity index (χ0) is 17.3. The quantitative estimate of drug-likeness (QED) is 0.521. The lowest BCUT2D eigenvalue weighted by atomic mass is 9.96. The molecule has 2 aliphatic rings. The van der Waals surface area contributed by atoms with Crippen molar-refractivity contribution >= 4 is 17.3 Å². The lowest BCUT2D eigenvalue weighted by Gasteiger charge is -2.37. The van der Waals surface area contributed by atoms with Crippen molar-refractivity contribution in [1.29, 1.82) is 0 Å². The fourth-order valence-electron chi connectivity index (χ4n) is 2.95. The summed E-state index contributed by atoms with van der Waals surface area (Å²) >= 11 is 0. The lowest BCUT2D eigenvalue weighted by Crippen LogP contribution is -2.47. The van der Waals surface area contributed by atoms with Gasteiger partial charge in [0.15, 0.2) is 11.6 Å². The molecule has 0 spiro atoms. The molecular weight excluding hydrogens is 310 g/mol. The summed E-state index contributed by atoms with van der Waals surface area (Å²) in [4.78, 5) is 19.4. The van der Waals surface area contributed by atoms with E-state index < -0.39 is 10.6 Å². The van der Waals surface area contributed by atoms with Crippen LogP contribution in [0.1, 0.15) is 5.56 Å². The number of nitro groups is 1. The number of piperazine rings is 1. The number of nitrogens with two attached hydrogens (primary N) is 2. The summed E-state index contributed by atoms with van der Waals surface area (Å²) in [6.45, 7) is 3.46. The fourth-order valence-corrected chi connectivity index (χ4v) is 2.95. The highest BCUT2D eigenvalue weighted by Gasteiger charge is 2.32. The molecule has 9 nitrogen and oxygen atoms in total. The molecule has 0 aliphatic carbocycles. The Morgan fingerprint density at radius 1 is 1.33 bits per heavy atom. The topological polar surface area (TPSA) is 126 Å². The summed E-state index contributed by atoms with van der Waals surface area (Å²) in [6, 6.07) is 4.73. The summed E-state index contributed by atoms with van der Waals surface area (Å²) in [5, 5.41) is 14.0. The Balaban J connectivity index is 2.07. The summed E-state index contributed by atoms with van der Waals surface area (Å²) in [5.74, 6) is 0.177. The van der Waals surface area contributed by atoms with E-state index >= 15 is 0 Å². The number of anilines is 1. The van der Waals surface area contributed by atoms with Crippen molar-refractivity contribution in [2.75, 3.05) is 38.1 Å². The Hall–Kier alpha value is -2.65. The highest BCUT2D eigenvalue weighted by atomic mass is 16.6. The number of benzene rings is 1. The van der Waals surface area contributed by atoms with Gasteiger partial charge in [0.05, 0.1) is 4.92 Å². The smallest absolute Gasteiger partial charge is 0.270 e. The molecule has 0 radical (unpaired) electrons. The van der Waals surface area contributed by atoms with E-state index in [0.717, 1.165) is 31.9 Å². The zero-order valence-corrected chi connectivity index (χ0v) is 13.5. The minimum absolute atomic E-state index is 0.0200. The first-order valence-corrected chi connectivity index (χ1v) is 7.70. The largest absolute Gasteiger partial charge is 0.370 e. The Morgan fingerprint density at radius 2 is 2.04 bits per heavy atom. The summed E-state index contributed by atoms with van der Waals surface area (Å²) < 4.78 is 0. The van der Waals surface area contributed by atoms with Crippen LogP contribution in [-0.2, 0) is 5.66 Å². The van der Waals surface area contributed by atoms with E-state index in [-0.39, 0.29) is 11.6 Å². The SMILES string of the molecule is CN1CCN(c2ccc([N+](=O)[O-])cc2C2(N)C=CNC(N)=N2)CC1. The number of hydrogen-bond donors (Lipinski definition) is 3. The van der Waals surface area contributed by atoms with Gasteiger partial charge in [0, 0.05) is 55.8 Å². The van der Waals surface area contributed by atoms with E-state index in [0.29, 0.717) is 5.56 Å². The second-order valence-corrected chi connectivity index (χ2v) is 6.05. The van der Waals surface area contributed by atoms with Gasteiger partial charge in [-0.15, -0.1) is 0 Å². The molecule has 1 aromatic carbocycles. The summed E-state index contributed by atoms with van der Waals surface area (Å²) in [5.41, 5.74) is 12.3. The molecule has 2 aliphatic heterocycles. The molecular formula is C15H21N7O2. The van der Waals surface area contributed by atoms with Crippen LogP contribution >= 0.6 is 0 Å². The number of hydrogen-bond acceptors (Lipinski definition) is 8. The number of guanidine groups is 1. The third-order valence-electron chi connectivity index (χ3n) is 4.34. The number of nitrogens with one attached hydrogen (secondary N) is 1. The van der Waals surface area contributed by atoms with Gasteiger partial charge in [0.1, 0.15) is 0 Å². The zero-order valence-electron chi connectivity index (χ0n) is 13.5. The van der Waals surface area contributed by atoms with Crippen molar-refractivity contribution < 1.29 is 4.92 Å². The molecule has 0 amide bonds. The van der Waals surface area contributed by atoms with Crippen LogP contribution < -0.4 is 21.7 Å². The van der Waals surface area contributed by atoms with E-state index in [1.54, 1.807) is 18.3 Å². The number of rotatable bonds is 3. The van der Waals surface area contributed by atoms with E-state index in [9.17, 15) is 10.1 Å². The van der Waals surface area contributed by atoms with Crippen molar-refractivity contribution in [3.8, 4) is 0 Å². The van der Waals surface area contributed by atoms with Crippen LogP contribution in [0.4, 0.5) is 11.4 Å².